The standard InChI is InChI=1S/C17H23N3/c1-5-6-15-19-16(12(4)17(18)20-15)14-9-7-13(8-10-14)11(2)3/h7-11H,5-6H2,1-4H3,(H2,18,19,20). The summed E-state index contributed by atoms with van der Waals surface area (Å²) in [6.45, 7) is 8.50. The first kappa shape index (κ1) is 14.5. The first-order valence-electron chi connectivity index (χ1n) is 7.26. The van der Waals surface area contributed by atoms with Crippen LogP contribution >= 0.6 is 0 Å². The second kappa shape index (κ2) is 6.04. The molecule has 0 fully saturated rings. The molecule has 0 saturated heterocycles. The molecule has 20 heavy (non-hydrogen) atoms. The first-order valence-corrected chi connectivity index (χ1v) is 7.26. The number of rotatable bonds is 4. The Labute approximate surface area is 121 Å². The van der Waals surface area contributed by atoms with Crippen molar-refractivity contribution < 1.29 is 0 Å². The SMILES string of the molecule is CCCc1nc(N)c(C)c(-c2ccc(C(C)C)cc2)n1. The molecule has 0 aliphatic rings. The molecule has 0 saturated carbocycles. The molecule has 0 radical (unpaired) electrons. The van der Waals surface area contributed by atoms with Crippen molar-refractivity contribution in [2.75, 3.05) is 5.73 Å². The highest BCUT2D eigenvalue weighted by atomic mass is 15.0. The van der Waals surface area contributed by atoms with Crippen molar-refractivity contribution in [2.24, 2.45) is 0 Å². The number of hydrogen-bond donors (Lipinski definition) is 1. The van der Waals surface area contributed by atoms with Crippen molar-refractivity contribution in [1.29, 1.82) is 0 Å². The third kappa shape index (κ3) is 2.98. The maximum absolute atomic E-state index is 6.02. The van der Waals surface area contributed by atoms with Crippen LogP contribution < -0.4 is 5.73 Å². The predicted molar refractivity (Wildman–Crippen MR) is 84.7 cm³/mol. The van der Waals surface area contributed by atoms with E-state index in [0.717, 1.165) is 35.5 Å². The number of aromatic nitrogens is 2. The van der Waals surface area contributed by atoms with Crippen LogP contribution in [-0.2, 0) is 6.42 Å². The summed E-state index contributed by atoms with van der Waals surface area (Å²) in [5, 5.41) is 0. The zero-order valence-corrected chi connectivity index (χ0v) is 12.8. The molecular weight excluding hydrogens is 246 g/mol. The molecule has 2 aromatic rings. The van der Waals surface area contributed by atoms with Gasteiger partial charge in [0.1, 0.15) is 11.6 Å². The van der Waals surface area contributed by atoms with Gasteiger partial charge in [0.25, 0.3) is 0 Å². The summed E-state index contributed by atoms with van der Waals surface area (Å²) in [6, 6.07) is 8.58. The van der Waals surface area contributed by atoms with Crippen molar-refractivity contribution in [3.63, 3.8) is 0 Å². The zero-order chi connectivity index (χ0) is 14.7. The van der Waals surface area contributed by atoms with Crippen LogP contribution in [0.4, 0.5) is 5.82 Å². The summed E-state index contributed by atoms with van der Waals surface area (Å²) in [7, 11) is 0. The molecule has 0 unspecified atom stereocenters. The van der Waals surface area contributed by atoms with Gasteiger partial charge < -0.3 is 5.73 Å². The van der Waals surface area contributed by atoms with E-state index in [2.05, 4.69) is 55.0 Å². The van der Waals surface area contributed by atoms with E-state index in [9.17, 15) is 0 Å². The fourth-order valence-electron chi connectivity index (χ4n) is 2.22. The van der Waals surface area contributed by atoms with Gasteiger partial charge in [0.05, 0.1) is 5.69 Å². The van der Waals surface area contributed by atoms with E-state index in [1.165, 1.54) is 5.56 Å². The van der Waals surface area contributed by atoms with Crippen molar-refractivity contribution in [2.45, 2.75) is 46.5 Å². The van der Waals surface area contributed by atoms with Crippen LogP contribution in [0.15, 0.2) is 24.3 Å². The minimum Gasteiger partial charge on any atom is -0.383 e. The molecule has 0 bridgehead atoms. The van der Waals surface area contributed by atoms with Crippen LogP contribution in [0, 0.1) is 6.92 Å². The Hall–Kier alpha value is -1.90. The quantitative estimate of drug-likeness (QED) is 0.908. The highest BCUT2D eigenvalue weighted by Gasteiger charge is 2.10. The Bertz CT molecular complexity index is 586. The van der Waals surface area contributed by atoms with Crippen molar-refractivity contribution in [1.82, 2.24) is 9.97 Å². The minimum atomic E-state index is 0.538. The topological polar surface area (TPSA) is 51.8 Å². The summed E-state index contributed by atoms with van der Waals surface area (Å²) in [4.78, 5) is 9.04. The lowest BCUT2D eigenvalue weighted by molar-refractivity contribution is 0.836. The lowest BCUT2D eigenvalue weighted by atomic mass is 9.99. The van der Waals surface area contributed by atoms with E-state index in [1.807, 2.05) is 6.92 Å². The number of nitrogens with zero attached hydrogens (tertiary/aromatic N) is 2. The second-order valence-corrected chi connectivity index (χ2v) is 5.53. The Morgan fingerprint density at radius 2 is 1.75 bits per heavy atom. The fraction of sp³-hybridized carbons (Fsp3) is 0.412. The Morgan fingerprint density at radius 3 is 2.30 bits per heavy atom. The molecule has 106 valence electrons. The average Bonchev–Trinajstić information content (AvgIpc) is 2.43. The number of anilines is 1. The molecule has 2 rings (SSSR count). The van der Waals surface area contributed by atoms with E-state index < -0.39 is 0 Å². The van der Waals surface area contributed by atoms with Crippen LogP contribution in [0.3, 0.4) is 0 Å². The molecule has 0 aliphatic heterocycles. The summed E-state index contributed by atoms with van der Waals surface area (Å²) in [5.74, 6) is 1.96. The van der Waals surface area contributed by atoms with E-state index in [4.69, 9.17) is 5.73 Å². The van der Waals surface area contributed by atoms with Gasteiger partial charge in [-0.1, -0.05) is 45.0 Å². The molecule has 0 atom stereocenters. The maximum Gasteiger partial charge on any atom is 0.131 e. The maximum atomic E-state index is 6.02. The fourth-order valence-corrected chi connectivity index (χ4v) is 2.22. The molecule has 3 nitrogen and oxygen atoms in total. The first-order chi connectivity index (χ1) is 9.52. The Kier molecular flexibility index (Phi) is 4.38. The number of nitrogens with two attached hydrogens (primary N) is 1. The van der Waals surface area contributed by atoms with E-state index in [1.54, 1.807) is 0 Å². The third-order valence-electron chi connectivity index (χ3n) is 3.55. The molecule has 1 aromatic carbocycles. The van der Waals surface area contributed by atoms with Gasteiger partial charge in [-0.15, -0.1) is 0 Å². The minimum absolute atomic E-state index is 0.538. The number of nitrogen functional groups attached to an aromatic ring is 1. The molecule has 1 aromatic heterocycles. The molecule has 3 heteroatoms. The number of hydrogen-bond acceptors (Lipinski definition) is 3. The van der Waals surface area contributed by atoms with Crippen molar-refractivity contribution in [3.05, 3.63) is 41.2 Å². The van der Waals surface area contributed by atoms with E-state index in [-0.39, 0.29) is 0 Å². The smallest absolute Gasteiger partial charge is 0.131 e. The summed E-state index contributed by atoms with van der Waals surface area (Å²) in [5.41, 5.74) is 10.4. The van der Waals surface area contributed by atoms with E-state index in [0.29, 0.717) is 11.7 Å². The Morgan fingerprint density at radius 1 is 1.10 bits per heavy atom. The summed E-state index contributed by atoms with van der Waals surface area (Å²) in [6.07, 6.45) is 1.88. The van der Waals surface area contributed by atoms with Gasteiger partial charge in [-0.3, -0.25) is 0 Å². The summed E-state index contributed by atoms with van der Waals surface area (Å²) >= 11 is 0. The molecule has 2 N–H and O–H groups in total. The molecule has 0 amide bonds. The van der Waals surface area contributed by atoms with Gasteiger partial charge in [-0.25, -0.2) is 9.97 Å². The Balaban J connectivity index is 2.45. The van der Waals surface area contributed by atoms with Crippen LogP contribution in [-0.4, -0.2) is 9.97 Å². The normalized spacial score (nSPS) is 11.1. The van der Waals surface area contributed by atoms with E-state index >= 15 is 0 Å². The van der Waals surface area contributed by atoms with Gasteiger partial charge in [-0.2, -0.15) is 0 Å². The van der Waals surface area contributed by atoms with Crippen molar-refractivity contribution in [3.8, 4) is 11.3 Å². The molecule has 1 heterocycles. The van der Waals surface area contributed by atoms with Crippen LogP contribution in [0.1, 0.15) is 50.1 Å². The number of benzene rings is 1. The average molecular weight is 269 g/mol. The van der Waals surface area contributed by atoms with Crippen LogP contribution in [0.25, 0.3) is 11.3 Å². The highest BCUT2D eigenvalue weighted by molar-refractivity contribution is 5.67. The largest absolute Gasteiger partial charge is 0.383 e. The summed E-state index contributed by atoms with van der Waals surface area (Å²) < 4.78 is 0. The lowest BCUT2D eigenvalue weighted by Crippen LogP contribution is -2.05. The zero-order valence-electron chi connectivity index (χ0n) is 12.8. The number of aryl methyl sites for hydroxylation is 1. The monoisotopic (exact) mass is 269 g/mol. The molecule has 0 spiro atoms. The van der Waals surface area contributed by atoms with Crippen LogP contribution in [0.2, 0.25) is 0 Å². The van der Waals surface area contributed by atoms with Gasteiger partial charge >= 0.3 is 0 Å². The van der Waals surface area contributed by atoms with Gasteiger partial charge in [0.15, 0.2) is 0 Å². The van der Waals surface area contributed by atoms with Crippen molar-refractivity contribution >= 4 is 5.82 Å². The second-order valence-electron chi connectivity index (χ2n) is 5.53. The van der Waals surface area contributed by atoms with Gasteiger partial charge in [0, 0.05) is 17.5 Å². The van der Waals surface area contributed by atoms with Gasteiger partial charge in [0.2, 0.25) is 0 Å². The highest BCUT2D eigenvalue weighted by Crippen LogP contribution is 2.26. The third-order valence-corrected chi connectivity index (χ3v) is 3.55. The lowest BCUT2D eigenvalue weighted by Gasteiger charge is -2.11. The van der Waals surface area contributed by atoms with Gasteiger partial charge in [-0.05, 0) is 24.8 Å². The van der Waals surface area contributed by atoms with Crippen LogP contribution in [0.5, 0.6) is 0 Å². The molecule has 0 aliphatic carbocycles. The molecular formula is C17H23N3. The predicted octanol–water partition coefficient (Wildman–Crippen LogP) is 4.11.